The Morgan fingerprint density at radius 3 is 2.34 bits per heavy atom. The van der Waals surface area contributed by atoms with Gasteiger partial charge in [0.15, 0.2) is 0 Å². The lowest BCUT2D eigenvalue weighted by Gasteiger charge is -2.57. The van der Waals surface area contributed by atoms with E-state index in [2.05, 4.69) is 95.9 Å². The van der Waals surface area contributed by atoms with E-state index in [1.807, 2.05) is 19.1 Å². The van der Waals surface area contributed by atoms with Crippen LogP contribution in [0, 0.1) is 37.0 Å². The van der Waals surface area contributed by atoms with E-state index < -0.39 is 23.3 Å². The summed E-state index contributed by atoms with van der Waals surface area (Å²) in [5.74, 6) is 0.758. The Bertz CT molecular complexity index is 1390. The van der Waals surface area contributed by atoms with Gasteiger partial charge in [0, 0.05) is 274 Å². The summed E-state index contributed by atoms with van der Waals surface area (Å²) in [4.78, 5) is 27.8. The number of methoxy groups -OCH3 is 1. The van der Waals surface area contributed by atoms with Crippen molar-refractivity contribution in [3.8, 4) is 5.75 Å². The molecule has 0 bridgehead atoms. The summed E-state index contributed by atoms with van der Waals surface area (Å²) < 4.78 is 5.75. The zero-order valence-electron chi connectivity index (χ0n) is 26.9. The van der Waals surface area contributed by atoms with Gasteiger partial charge in [0.05, 0.1) is 12.5 Å². The summed E-state index contributed by atoms with van der Waals surface area (Å²) >= 11 is 0. The monoisotopic (exact) mass is 909 g/mol. The maximum Gasteiger partial charge on any atom is 0.322 e. The van der Waals surface area contributed by atoms with Gasteiger partial charge in [-0.1, -0.05) is 84.4 Å². The second-order valence-electron chi connectivity index (χ2n) is 13.3. The number of carboxylic acids is 1. The molecule has 0 radical (unpaired) electrons. The first-order chi connectivity index (χ1) is 19.2. The van der Waals surface area contributed by atoms with Gasteiger partial charge in [-0.25, -0.2) is 0 Å². The molecule has 1 fully saturated rings. The molecule has 568 valence electrons. The lowest BCUT2D eigenvalue weighted by molar-refractivity contribution is -0.142. The lowest BCUT2D eigenvalue weighted by atomic mass is 9.54. The number of aliphatic carboxylic acids is 1. The van der Waals surface area contributed by atoms with Gasteiger partial charge in [0.25, 0.3) is 0 Å². The minimum absolute atomic E-state index is 0. The van der Waals surface area contributed by atoms with Crippen molar-refractivity contribution in [1.82, 2.24) is 10.2 Å². The molecule has 1 amide bonds. The standard InChI is InChI=1S/C35H52N2O4.171H2/c1-11-27-21-37(20-26(6)35(27,23(2)3)28-17-16-25(5)30(18-28)41-10)22-34(9,32(40)36-19-31(38)39)33(7,8)29-15-13-12-14-24(29)4;;;;;;;;;;;;;;;;;;;;;;;;;;;;;;;;;;;;;;;;;;;;;;;;;;;;;;;;;;;;;;;;;;;;;;;;;;;;;;;;;;;;;;;;;;;;;;;;;;;;;;;;;;;;;;;;;;;;;;;;;;;;;;;;;;;;;;;;;;;;;;;;;;;;;;;;;;;;;;;;;;;;;;;;;;;/h12-18,23,26-27H,11,19-22H2,1-10H3,(H,36,40)(H,38,39);171*1H/t26?,27-,34?,35+;;;;;;;;;;;;;;;;;;;;;;;;;;;;;;;;;;;;;;;;;;;;;;;;;;;;;;;;;;;;;;;;;;;;;;;;;;;;;;;;;;;;;;;;;;;;;;;;;;;;;;;;;;;;;;;;;;;;;;;;;;;;;;;;;;;;;;;;;;;;;;;;;;;;;;;;;;;;;;;;;;;;;;;;;;;/m0.........................................................................................................................................................................../s1. The molecule has 0 aliphatic carbocycles. The highest BCUT2D eigenvalue weighted by atomic mass is 16.5. The third kappa shape index (κ3) is 5.90. The highest BCUT2D eigenvalue weighted by Crippen LogP contribution is 2.52. The molecule has 2 aromatic carbocycles. The van der Waals surface area contributed by atoms with E-state index in [4.69, 9.17) is 4.74 Å². The van der Waals surface area contributed by atoms with Crippen molar-refractivity contribution in [3.05, 3.63) is 64.7 Å². The number of aryl methyl sites for hydroxylation is 2. The molecule has 6 nitrogen and oxygen atoms in total. The fraction of sp³-hybridized carbons (Fsp3) is 0.600. The summed E-state index contributed by atoms with van der Waals surface area (Å²) in [5.41, 5.74) is 3.22. The fourth-order valence-electron chi connectivity index (χ4n) is 7.98. The Morgan fingerprint density at radius 1 is 1.12 bits per heavy atom. The van der Waals surface area contributed by atoms with Gasteiger partial charge in [-0.3, -0.25) is 9.59 Å². The molecule has 3 rings (SSSR count). The molecule has 0 spiro atoms. The van der Waals surface area contributed by atoms with Gasteiger partial charge in [-0.15, -0.1) is 0 Å². The predicted molar refractivity (Wildman–Crippen MR) is 528 cm³/mol. The fourth-order valence-corrected chi connectivity index (χ4v) is 7.98. The van der Waals surface area contributed by atoms with E-state index in [0.29, 0.717) is 24.3 Å². The highest BCUT2D eigenvalue weighted by molar-refractivity contribution is 5.87. The van der Waals surface area contributed by atoms with E-state index in [9.17, 15) is 14.7 Å². The number of piperidine rings is 1. The van der Waals surface area contributed by atoms with E-state index in [1.54, 1.807) is 7.11 Å². The molecule has 1 aliphatic rings. The van der Waals surface area contributed by atoms with E-state index >= 15 is 0 Å². The van der Waals surface area contributed by atoms with Crippen LogP contribution in [0.15, 0.2) is 42.5 Å². The molecule has 6 heteroatoms. The number of benzene rings is 2. The third-order valence-electron chi connectivity index (χ3n) is 10.5. The number of carboxylic acid groups (broad SMARTS) is 1. The molecule has 1 saturated heterocycles. The average molecular weight is 910 g/mol. The lowest BCUT2D eigenvalue weighted by Crippen LogP contribution is -2.62. The van der Waals surface area contributed by atoms with Crippen LogP contribution in [-0.4, -0.2) is 55.2 Å². The van der Waals surface area contributed by atoms with Crippen LogP contribution >= 0.6 is 0 Å². The summed E-state index contributed by atoms with van der Waals surface area (Å²) in [6, 6.07) is 14.9. The first kappa shape index (κ1) is 32.7. The van der Waals surface area contributed by atoms with Crippen molar-refractivity contribution >= 4 is 11.9 Å². The van der Waals surface area contributed by atoms with Gasteiger partial charge < -0.3 is 20.1 Å². The zero-order chi connectivity index (χ0) is 30.8. The van der Waals surface area contributed by atoms with Crippen LogP contribution < -0.4 is 10.1 Å². The number of nitrogens with zero attached hydrogens (tertiary/aromatic N) is 1. The molecule has 4 atom stereocenters. The van der Waals surface area contributed by atoms with Crippen LogP contribution in [0.25, 0.3) is 0 Å². The Hall–Kier alpha value is -2.86. The Labute approximate surface area is 501 Å². The number of hydrogen-bond donors (Lipinski definition) is 2. The largest absolute Gasteiger partial charge is 0.496 e. The summed E-state index contributed by atoms with van der Waals surface area (Å²) in [7, 11) is 1.74. The van der Waals surface area contributed by atoms with Crippen molar-refractivity contribution in [3.63, 3.8) is 0 Å². The predicted octanol–water partition coefficient (Wildman–Crippen LogP) is 48.4. The maximum absolute atomic E-state index is 14.0. The second-order valence-corrected chi connectivity index (χ2v) is 13.3. The molecular formula is C35H394N2O4. The third-order valence-corrected chi connectivity index (χ3v) is 10.5. The minimum atomic E-state index is -1.04. The number of likely N-dealkylation sites (tertiary alicyclic amines) is 1. The Balaban J connectivity index is -0.000000000647. The van der Waals surface area contributed by atoms with Crippen molar-refractivity contribution in [2.45, 2.75) is 79.6 Å². The van der Waals surface area contributed by atoms with Crippen molar-refractivity contribution in [1.29, 1.82) is 0 Å². The molecule has 1 aliphatic heterocycles. The molecule has 2 aromatic rings. The van der Waals surface area contributed by atoms with Gasteiger partial charge >= 0.3 is 5.97 Å². The molecule has 1 heterocycles. The van der Waals surface area contributed by atoms with Crippen molar-refractivity contribution in [2.24, 2.45) is 23.2 Å². The minimum Gasteiger partial charge on any atom is -0.496 e. The highest BCUT2D eigenvalue weighted by Gasteiger charge is 2.54. The molecule has 0 aromatic heterocycles. The second kappa shape index (κ2) is 12.6. The van der Waals surface area contributed by atoms with Gasteiger partial charge in [0.1, 0.15) is 12.3 Å². The van der Waals surface area contributed by atoms with Crippen LogP contribution in [-0.2, 0) is 20.4 Å². The number of rotatable bonds is 11. The van der Waals surface area contributed by atoms with Crippen molar-refractivity contribution < 1.29 is 263 Å². The smallest absolute Gasteiger partial charge is 0.322 e. The molecule has 41 heavy (non-hydrogen) atoms. The van der Waals surface area contributed by atoms with Crippen LogP contribution in [0.2, 0.25) is 0 Å². The molecular weight excluding hydrogens is 512 g/mol. The van der Waals surface area contributed by atoms with Crippen LogP contribution in [0.4, 0.5) is 0 Å². The SMILES string of the molecule is CC[C@H]1CN(CC(C)(C(=O)NCC(=O)O)C(C)(C)c2ccccc2C)CC(C)[C@]1(c1ccc(C)c(OC)c1)C(C)C.[HH].[HH].[HH].[HH].[HH].[HH].[HH].[HH].[HH].[HH].[HH].[HH].[HH].[HH].[HH].[HH].[HH].[HH].[HH].[HH].[HH].[HH].[HH].[HH].[HH].[HH].[HH].[HH].[HH].[HH].[HH].[HH].[HH].[HH].[HH].[HH].[HH].[HH].[HH].[HH].[HH].[HH].[HH].[HH].[HH].[HH].[HH].[HH].[HH].[HH].[HH].[HH].[HH].[HH].[HH].[HH].[HH].[HH].[HH].[HH].[HH].[HH].[HH].[HH].[HH].[HH].[HH].[HH].[HH].[HH].[HH].[HH].[HH].[HH].[HH].[HH].[HH].[HH].[HH].[HH].[HH].[HH].[HH].[HH].[HH].[HH].[HH].[HH].[HH].[HH].[HH].[HH].[HH].[HH].[HH].[HH].[HH].[HH].[HH].[HH].[HH].[HH].[HH].[HH].[HH].[HH].[HH].[HH].[HH].[HH].[HH].[HH].[HH].[HH].[HH].[HH].[HH].[HH].[HH].[HH].[HH].[HH].[HH].[HH].[HH].[HH].[HH].[HH].[HH].[HH].[HH].[HH].[HH].[HH].[HH].[HH].[HH].[HH].[HH].[HH].[HH].[HH].[HH].[HH].[HH].[HH].[HH].[HH].[HH].[HH].[HH].[HH].[HH].[HH].[HH].[HH].[HH].[HH].[HH].[HH].[HH].[HH].[HH].[HH].[HH].[HH].[HH].[HH].[HH].[HH].[HH]. The average Bonchev–Trinajstić information content (AvgIpc) is 2.91. The van der Waals surface area contributed by atoms with Gasteiger partial charge in [-0.05, 0) is 66.8 Å². The topological polar surface area (TPSA) is 78.9 Å². The number of amides is 1. The number of ether oxygens (including phenoxy) is 1. The molecule has 2 unspecified atom stereocenters. The van der Waals surface area contributed by atoms with Gasteiger partial charge in [0.2, 0.25) is 5.91 Å². The maximum atomic E-state index is 14.0. The summed E-state index contributed by atoms with van der Waals surface area (Å²) in [6.07, 6.45) is 1.01. The number of nitrogens with one attached hydrogen (secondary N) is 1. The molecule has 0 saturated carbocycles. The van der Waals surface area contributed by atoms with Crippen molar-refractivity contribution in [2.75, 3.05) is 33.3 Å². The van der Waals surface area contributed by atoms with Crippen LogP contribution in [0.1, 0.15) is 321 Å². The first-order valence-electron chi connectivity index (χ1n) is 15.1. The van der Waals surface area contributed by atoms with Crippen LogP contribution in [0.5, 0.6) is 5.75 Å². The molecule has 2 N–H and O–H groups in total. The quantitative estimate of drug-likeness (QED) is 0.235. The van der Waals surface area contributed by atoms with E-state index in [-0.39, 0.29) is 255 Å². The van der Waals surface area contributed by atoms with Crippen LogP contribution in [0.3, 0.4) is 0 Å². The number of hydrogen-bond acceptors (Lipinski definition) is 4. The first-order valence-corrected chi connectivity index (χ1v) is 15.1. The van der Waals surface area contributed by atoms with E-state index in [0.717, 1.165) is 42.0 Å². The van der Waals surface area contributed by atoms with Gasteiger partial charge in [-0.2, -0.15) is 0 Å². The normalized spacial score (nSPS) is 23.2. The number of carbonyl (C=O) groups excluding carboxylic acids is 1. The Kier molecular flexibility index (Phi) is 10.0. The summed E-state index contributed by atoms with van der Waals surface area (Å²) in [6.45, 7) is 21.6. The number of carbonyl (C=O) groups is 2. The zero-order valence-corrected chi connectivity index (χ0v) is 26.9. The van der Waals surface area contributed by atoms with E-state index in [1.165, 1.54) is 5.56 Å². The summed E-state index contributed by atoms with van der Waals surface area (Å²) in [5, 5.41) is 12.1. The Morgan fingerprint density at radius 2 is 1.78 bits per heavy atom.